The van der Waals surface area contributed by atoms with Gasteiger partial charge in [0.15, 0.2) is 5.11 Å². The number of nitrogens with one attached hydrogen (secondary N) is 3. The van der Waals surface area contributed by atoms with E-state index in [4.69, 9.17) is 12.2 Å². The predicted molar refractivity (Wildman–Crippen MR) is 62.4 cm³/mol. The molecule has 2 rings (SSSR count). The Hall–Kier alpha value is -1.69. The van der Waals surface area contributed by atoms with Crippen molar-refractivity contribution in [2.24, 2.45) is 0 Å². The second-order valence-electron chi connectivity index (χ2n) is 3.09. The van der Waals surface area contributed by atoms with Crippen LogP contribution in [0.15, 0.2) is 30.6 Å². The minimum absolute atomic E-state index is 0.248. The van der Waals surface area contributed by atoms with E-state index >= 15 is 0 Å². The molecule has 0 fully saturated rings. The highest BCUT2D eigenvalue weighted by Gasteiger charge is 2.07. The van der Waals surface area contributed by atoms with Gasteiger partial charge in [0.2, 0.25) is 5.95 Å². The molecular weight excluding hydrogens is 210 g/mol. The largest absolute Gasteiger partial charge is 0.356 e. The van der Waals surface area contributed by atoms with Crippen molar-refractivity contribution in [3.05, 3.63) is 30.6 Å². The van der Waals surface area contributed by atoms with Gasteiger partial charge in [-0.2, -0.15) is 10.1 Å². The average molecular weight is 221 g/mol. The molecule has 0 spiro atoms. The first-order valence-corrected chi connectivity index (χ1v) is 5.01. The number of H-pyrrole nitrogens is 1. The fraction of sp³-hybridized carbons (Fsp3) is 0.222. The van der Waals surface area contributed by atoms with E-state index in [0.717, 1.165) is 6.42 Å². The van der Waals surface area contributed by atoms with Crippen LogP contribution in [0.4, 0.5) is 5.95 Å². The Balaban J connectivity index is 1.82. The molecule has 78 valence electrons. The van der Waals surface area contributed by atoms with E-state index in [1.165, 1.54) is 6.33 Å². The van der Waals surface area contributed by atoms with Gasteiger partial charge in [-0.25, -0.2) is 5.10 Å². The number of rotatable bonds is 2. The Labute approximate surface area is 92.7 Å². The molecule has 0 aliphatic heterocycles. The number of hydrogen-bond acceptors (Lipinski definition) is 3. The van der Waals surface area contributed by atoms with Crippen LogP contribution in [0.1, 0.15) is 6.42 Å². The van der Waals surface area contributed by atoms with E-state index in [2.05, 4.69) is 38.0 Å². The maximum Gasteiger partial charge on any atom is 0.224 e. The van der Waals surface area contributed by atoms with Crippen molar-refractivity contribution in [2.75, 3.05) is 5.32 Å². The number of aromatic amines is 1. The van der Waals surface area contributed by atoms with Crippen molar-refractivity contribution < 1.29 is 0 Å². The molecule has 15 heavy (non-hydrogen) atoms. The molecule has 1 aromatic heterocycles. The quantitative estimate of drug-likeness (QED) is 0.650. The van der Waals surface area contributed by atoms with Gasteiger partial charge in [0.05, 0.1) is 6.04 Å². The summed E-state index contributed by atoms with van der Waals surface area (Å²) in [6.07, 6.45) is 10.5. The molecule has 1 aromatic rings. The molecule has 0 saturated heterocycles. The molecule has 5 nitrogen and oxygen atoms in total. The summed E-state index contributed by atoms with van der Waals surface area (Å²) in [6.45, 7) is 0. The van der Waals surface area contributed by atoms with Crippen LogP contribution in [-0.4, -0.2) is 26.3 Å². The van der Waals surface area contributed by atoms with Crippen LogP contribution < -0.4 is 10.6 Å². The van der Waals surface area contributed by atoms with Gasteiger partial charge >= 0.3 is 0 Å². The number of hydrogen-bond donors (Lipinski definition) is 3. The van der Waals surface area contributed by atoms with Crippen LogP contribution in [0, 0.1) is 0 Å². The first-order valence-electron chi connectivity index (χ1n) is 4.61. The zero-order valence-corrected chi connectivity index (χ0v) is 8.79. The third kappa shape index (κ3) is 2.88. The van der Waals surface area contributed by atoms with Gasteiger partial charge in [-0.1, -0.05) is 24.3 Å². The van der Waals surface area contributed by atoms with E-state index in [1.807, 2.05) is 12.2 Å². The Bertz CT molecular complexity index is 381. The summed E-state index contributed by atoms with van der Waals surface area (Å²) in [5.74, 6) is 0.544. The molecule has 0 amide bonds. The second kappa shape index (κ2) is 4.70. The van der Waals surface area contributed by atoms with E-state index in [1.54, 1.807) is 0 Å². The molecular formula is C9H11N5S. The number of allylic oxidation sites excluding steroid dienone is 2. The van der Waals surface area contributed by atoms with Gasteiger partial charge in [-0.15, -0.1) is 0 Å². The highest BCUT2D eigenvalue weighted by molar-refractivity contribution is 7.80. The summed E-state index contributed by atoms with van der Waals surface area (Å²) in [6, 6.07) is 0.248. The molecule has 0 bridgehead atoms. The molecule has 0 radical (unpaired) electrons. The van der Waals surface area contributed by atoms with Crippen LogP contribution >= 0.6 is 12.2 Å². The van der Waals surface area contributed by atoms with E-state index in [9.17, 15) is 0 Å². The van der Waals surface area contributed by atoms with Crippen LogP contribution in [0.2, 0.25) is 0 Å². The van der Waals surface area contributed by atoms with Gasteiger partial charge < -0.3 is 10.6 Å². The number of anilines is 1. The second-order valence-corrected chi connectivity index (χ2v) is 3.50. The summed E-state index contributed by atoms with van der Waals surface area (Å²) in [5, 5.41) is 13.0. The minimum Gasteiger partial charge on any atom is -0.356 e. The summed E-state index contributed by atoms with van der Waals surface area (Å²) in [4.78, 5) is 3.91. The average Bonchev–Trinajstić information content (AvgIpc) is 2.71. The van der Waals surface area contributed by atoms with E-state index < -0.39 is 0 Å². The highest BCUT2D eigenvalue weighted by atomic mass is 32.1. The van der Waals surface area contributed by atoms with E-state index in [-0.39, 0.29) is 6.04 Å². The first-order chi connectivity index (χ1) is 7.34. The van der Waals surface area contributed by atoms with Gasteiger partial charge in [-0.3, -0.25) is 0 Å². The molecule has 1 aliphatic rings. The number of thiocarbonyl (C=S) groups is 1. The van der Waals surface area contributed by atoms with Crippen molar-refractivity contribution in [1.82, 2.24) is 20.5 Å². The smallest absolute Gasteiger partial charge is 0.224 e. The van der Waals surface area contributed by atoms with Gasteiger partial charge in [0.1, 0.15) is 6.33 Å². The van der Waals surface area contributed by atoms with Crippen LogP contribution in [-0.2, 0) is 0 Å². The molecule has 3 N–H and O–H groups in total. The predicted octanol–water partition coefficient (Wildman–Crippen LogP) is 0.976. The van der Waals surface area contributed by atoms with Crippen LogP contribution in [0.5, 0.6) is 0 Å². The zero-order valence-electron chi connectivity index (χ0n) is 7.97. The fourth-order valence-corrected chi connectivity index (χ4v) is 1.51. The first kappa shape index (κ1) is 9.85. The Morgan fingerprint density at radius 3 is 3.13 bits per heavy atom. The zero-order chi connectivity index (χ0) is 10.5. The monoisotopic (exact) mass is 221 g/mol. The number of aromatic nitrogens is 3. The summed E-state index contributed by atoms with van der Waals surface area (Å²) in [5.41, 5.74) is 0. The van der Waals surface area contributed by atoms with Crippen molar-refractivity contribution in [1.29, 1.82) is 0 Å². The molecule has 1 aliphatic carbocycles. The minimum atomic E-state index is 0.248. The van der Waals surface area contributed by atoms with Crippen molar-refractivity contribution >= 4 is 23.3 Å². The summed E-state index contributed by atoms with van der Waals surface area (Å²) < 4.78 is 0. The Morgan fingerprint density at radius 1 is 1.53 bits per heavy atom. The van der Waals surface area contributed by atoms with Crippen LogP contribution in [0.3, 0.4) is 0 Å². The lowest BCUT2D eigenvalue weighted by Crippen LogP contribution is -2.36. The van der Waals surface area contributed by atoms with Gasteiger partial charge in [0, 0.05) is 0 Å². The Kier molecular flexibility index (Phi) is 3.08. The van der Waals surface area contributed by atoms with Crippen molar-refractivity contribution in [3.8, 4) is 0 Å². The standard InChI is InChI=1S/C9H11N5S/c15-9(13-8-10-6-11-14-8)12-7-4-2-1-3-5-7/h1-4,6-7H,5H2,(H3,10,11,12,13,14,15). The highest BCUT2D eigenvalue weighted by Crippen LogP contribution is 2.03. The third-order valence-electron chi connectivity index (χ3n) is 1.94. The lowest BCUT2D eigenvalue weighted by atomic mass is 10.1. The number of nitrogens with zero attached hydrogens (tertiary/aromatic N) is 2. The van der Waals surface area contributed by atoms with Crippen LogP contribution in [0.25, 0.3) is 0 Å². The molecule has 1 unspecified atom stereocenters. The van der Waals surface area contributed by atoms with Crippen molar-refractivity contribution in [3.63, 3.8) is 0 Å². The summed E-state index contributed by atoms with van der Waals surface area (Å²) >= 11 is 5.11. The molecule has 6 heteroatoms. The third-order valence-corrected chi connectivity index (χ3v) is 2.16. The molecule has 1 heterocycles. The van der Waals surface area contributed by atoms with E-state index in [0.29, 0.717) is 11.1 Å². The fourth-order valence-electron chi connectivity index (χ4n) is 1.27. The SMILES string of the molecule is S=C(Nc1ncn[nH]1)NC1C=CC=CC1. The Morgan fingerprint density at radius 2 is 2.47 bits per heavy atom. The lowest BCUT2D eigenvalue weighted by molar-refractivity contribution is 0.738. The topological polar surface area (TPSA) is 65.6 Å². The molecule has 1 atom stereocenters. The van der Waals surface area contributed by atoms with Gasteiger partial charge in [-0.05, 0) is 18.6 Å². The van der Waals surface area contributed by atoms with Gasteiger partial charge in [0.25, 0.3) is 0 Å². The van der Waals surface area contributed by atoms with Crippen molar-refractivity contribution in [2.45, 2.75) is 12.5 Å². The maximum atomic E-state index is 5.11. The maximum absolute atomic E-state index is 5.11. The normalized spacial score (nSPS) is 18.8. The lowest BCUT2D eigenvalue weighted by Gasteiger charge is -2.16. The summed E-state index contributed by atoms with van der Waals surface area (Å²) in [7, 11) is 0. The molecule has 0 saturated carbocycles. The molecule has 0 aromatic carbocycles.